The molecule has 0 saturated heterocycles. The zero-order valence-electron chi connectivity index (χ0n) is 12.0. The van der Waals surface area contributed by atoms with Gasteiger partial charge in [-0.25, -0.2) is 0 Å². The molecule has 1 aliphatic rings. The van der Waals surface area contributed by atoms with Crippen LogP contribution in [-0.4, -0.2) is 24.2 Å². The number of nitrogens with two attached hydrogens (primary N) is 1. The van der Waals surface area contributed by atoms with E-state index in [0.29, 0.717) is 17.5 Å². The maximum Gasteiger partial charge on any atom is 0.249 e. The Morgan fingerprint density at radius 1 is 1.10 bits per heavy atom. The summed E-state index contributed by atoms with van der Waals surface area (Å²) in [6, 6.07) is 5.77. The number of nitrogens with zero attached hydrogens (tertiary/aromatic N) is 2. The fourth-order valence-electron chi connectivity index (χ4n) is 2.21. The van der Waals surface area contributed by atoms with Crippen LogP contribution in [0, 0.1) is 0 Å². The number of rotatable bonds is 5. The van der Waals surface area contributed by atoms with Crippen molar-refractivity contribution >= 4 is 5.69 Å². The topological polar surface area (TPSA) is 79.5 Å². The SMILES string of the molecule is COc1cc(Oc2ncnc(OC)c2N)ccc1C1CC1. The Kier molecular flexibility index (Phi) is 3.51. The number of anilines is 1. The van der Waals surface area contributed by atoms with Gasteiger partial charge in [-0.2, -0.15) is 9.97 Å². The lowest BCUT2D eigenvalue weighted by molar-refractivity contribution is 0.389. The summed E-state index contributed by atoms with van der Waals surface area (Å²) in [6.45, 7) is 0. The van der Waals surface area contributed by atoms with Crippen molar-refractivity contribution < 1.29 is 14.2 Å². The molecule has 1 aromatic heterocycles. The molecule has 2 N–H and O–H groups in total. The number of methoxy groups -OCH3 is 2. The Morgan fingerprint density at radius 2 is 1.86 bits per heavy atom. The first-order valence-corrected chi connectivity index (χ1v) is 6.73. The van der Waals surface area contributed by atoms with E-state index in [4.69, 9.17) is 19.9 Å². The van der Waals surface area contributed by atoms with Gasteiger partial charge in [0.15, 0.2) is 5.69 Å². The first kappa shape index (κ1) is 13.5. The number of aromatic nitrogens is 2. The van der Waals surface area contributed by atoms with Gasteiger partial charge in [0.05, 0.1) is 14.2 Å². The summed E-state index contributed by atoms with van der Waals surface area (Å²) in [5, 5.41) is 0. The predicted molar refractivity (Wildman–Crippen MR) is 78.0 cm³/mol. The highest BCUT2D eigenvalue weighted by atomic mass is 16.5. The van der Waals surface area contributed by atoms with Crippen LogP contribution in [0.15, 0.2) is 24.5 Å². The van der Waals surface area contributed by atoms with Gasteiger partial charge < -0.3 is 19.9 Å². The van der Waals surface area contributed by atoms with Crippen molar-refractivity contribution in [2.75, 3.05) is 20.0 Å². The molecule has 0 aliphatic heterocycles. The predicted octanol–water partition coefficient (Wildman–Crippen LogP) is 2.75. The molecule has 0 spiro atoms. The number of benzene rings is 1. The lowest BCUT2D eigenvalue weighted by Crippen LogP contribution is -2.00. The molecular weight excluding hydrogens is 270 g/mol. The van der Waals surface area contributed by atoms with Crippen LogP contribution >= 0.6 is 0 Å². The van der Waals surface area contributed by atoms with E-state index in [-0.39, 0.29) is 11.6 Å². The smallest absolute Gasteiger partial charge is 0.249 e. The first-order chi connectivity index (χ1) is 10.2. The highest BCUT2D eigenvalue weighted by Gasteiger charge is 2.27. The largest absolute Gasteiger partial charge is 0.496 e. The first-order valence-electron chi connectivity index (χ1n) is 6.73. The van der Waals surface area contributed by atoms with E-state index >= 15 is 0 Å². The van der Waals surface area contributed by atoms with Crippen LogP contribution in [0.1, 0.15) is 24.3 Å². The number of ether oxygens (including phenoxy) is 3. The second kappa shape index (κ2) is 5.47. The average Bonchev–Trinajstić information content (AvgIpc) is 3.34. The maximum atomic E-state index is 5.89. The van der Waals surface area contributed by atoms with Crippen molar-refractivity contribution in [3.63, 3.8) is 0 Å². The van der Waals surface area contributed by atoms with E-state index in [0.717, 1.165) is 5.75 Å². The molecule has 0 radical (unpaired) electrons. The van der Waals surface area contributed by atoms with E-state index < -0.39 is 0 Å². The fraction of sp³-hybridized carbons (Fsp3) is 0.333. The molecule has 1 fully saturated rings. The molecule has 1 saturated carbocycles. The van der Waals surface area contributed by atoms with Gasteiger partial charge in [0.1, 0.15) is 17.8 Å². The fourth-order valence-corrected chi connectivity index (χ4v) is 2.21. The summed E-state index contributed by atoms with van der Waals surface area (Å²) >= 11 is 0. The van der Waals surface area contributed by atoms with Crippen molar-refractivity contribution in [2.45, 2.75) is 18.8 Å². The van der Waals surface area contributed by atoms with Crippen LogP contribution < -0.4 is 19.9 Å². The molecule has 0 unspecified atom stereocenters. The third-order valence-electron chi connectivity index (χ3n) is 3.44. The standard InChI is InChI=1S/C15H17N3O3/c1-19-12-7-10(5-6-11(12)9-3-4-9)21-15-13(16)14(20-2)17-8-18-15/h5-9H,3-4,16H2,1-2H3. The van der Waals surface area contributed by atoms with Gasteiger partial charge in [-0.05, 0) is 30.4 Å². The molecule has 0 bridgehead atoms. The monoisotopic (exact) mass is 287 g/mol. The summed E-state index contributed by atoms with van der Waals surface area (Å²) in [7, 11) is 3.16. The van der Waals surface area contributed by atoms with E-state index in [2.05, 4.69) is 9.97 Å². The van der Waals surface area contributed by atoms with Crippen molar-refractivity contribution in [3.8, 4) is 23.3 Å². The molecule has 1 aliphatic carbocycles. The molecule has 110 valence electrons. The Bertz CT molecular complexity index is 657. The molecule has 6 heteroatoms. The molecule has 2 aromatic rings. The molecule has 0 atom stereocenters. The average molecular weight is 287 g/mol. The zero-order valence-corrected chi connectivity index (χ0v) is 12.0. The highest BCUT2D eigenvalue weighted by Crippen LogP contribution is 2.45. The van der Waals surface area contributed by atoms with Crippen LogP contribution in [0.4, 0.5) is 5.69 Å². The minimum absolute atomic E-state index is 0.267. The van der Waals surface area contributed by atoms with Gasteiger partial charge in [-0.1, -0.05) is 6.07 Å². The number of hydrogen-bond donors (Lipinski definition) is 1. The molecule has 1 aromatic carbocycles. The third kappa shape index (κ3) is 2.69. The maximum absolute atomic E-state index is 5.89. The molecule has 0 amide bonds. The van der Waals surface area contributed by atoms with Crippen LogP contribution in [0.5, 0.6) is 23.3 Å². The van der Waals surface area contributed by atoms with Crippen molar-refractivity contribution in [3.05, 3.63) is 30.1 Å². The Morgan fingerprint density at radius 3 is 2.52 bits per heavy atom. The van der Waals surface area contributed by atoms with E-state index in [1.54, 1.807) is 7.11 Å². The lowest BCUT2D eigenvalue weighted by atomic mass is 10.1. The molecule has 21 heavy (non-hydrogen) atoms. The van der Waals surface area contributed by atoms with Crippen molar-refractivity contribution in [1.82, 2.24) is 9.97 Å². The normalized spacial score (nSPS) is 13.8. The third-order valence-corrected chi connectivity index (χ3v) is 3.44. The van der Waals surface area contributed by atoms with E-state index in [1.807, 2.05) is 18.2 Å². The summed E-state index contributed by atoms with van der Waals surface area (Å²) in [5.41, 5.74) is 7.38. The lowest BCUT2D eigenvalue weighted by Gasteiger charge is -2.12. The molecular formula is C15H17N3O3. The van der Waals surface area contributed by atoms with Crippen LogP contribution in [0.25, 0.3) is 0 Å². The van der Waals surface area contributed by atoms with Gasteiger partial charge in [-0.3, -0.25) is 0 Å². The van der Waals surface area contributed by atoms with Gasteiger partial charge in [0.25, 0.3) is 0 Å². The van der Waals surface area contributed by atoms with E-state index in [1.165, 1.54) is 31.8 Å². The van der Waals surface area contributed by atoms with E-state index in [9.17, 15) is 0 Å². The van der Waals surface area contributed by atoms with Gasteiger partial charge in [0, 0.05) is 6.07 Å². The molecule has 1 heterocycles. The van der Waals surface area contributed by atoms with Gasteiger partial charge in [0.2, 0.25) is 11.8 Å². The Labute approximate surface area is 122 Å². The van der Waals surface area contributed by atoms with Crippen LogP contribution in [0.2, 0.25) is 0 Å². The summed E-state index contributed by atoms with van der Waals surface area (Å²) in [4.78, 5) is 7.94. The Balaban J connectivity index is 1.88. The number of nitrogen functional groups attached to an aromatic ring is 1. The summed E-state index contributed by atoms with van der Waals surface area (Å²) in [6.07, 6.45) is 3.78. The quantitative estimate of drug-likeness (QED) is 0.910. The molecule has 3 rings (SSSR count). The highest BCUT2D eigenvalue weighted by molar-refractivity contribution is 5.57. The minimum atomic E-state index is 0.267. The summed E-state index contributed by atoms with van der Waals surface area (Å²) in [5.74, 6) is 2.61. The molecule has 6 nitrogen and oxygen atoms in total. The number of hydrogen-bond acceptors (Lipinski definition) is 6. The van der Waals surface area contributed by atoms with Gasteiger partial charge in [-0.15, -0.1) is 0 Å². The van der Waals surface area contributed by atoms with Crippen molar-refractivity contribution in [2.24, 2.45) is 0 Å². The zero-order chi connectivity index (χ0) is 14.8. The second-order valence-electron chi connectivity index (χ2n) is 4.88. The Hall–Kier alpha value is -2.50. The van der Waals surface area contributed by atoms with Crippen molar-refractivity contribution in [1.29, 1.82) is 0 Å². The minimum Gasteiger partial charge on any atom is -0.496 e. The summed E-state index contributed by atoms with van der Waals surface area (Å²) < 4.78 is 16.2. The van der Waals surface area contributed by atoms with Gasteiger partial charge >= 0.3 is 0 Å². The van der Waals surface area contributed by atoms with Crippen LogP contribution in [-0.2, 0) is 0 Å². The second-order valence-corrected chi connectivity index (χ2v) is 4.88. The van der Waals surface area contributed by atoms with Crippen LogP contribution in [0.3, 0.4) is 0 Å².